The van der Waals surface area contributed by atoms with Crippen molar-refractivity contribution in [3.8, 4) is 6.07 Å². The number of aromatic nitrogens is 3. The van der Waals surface area contributed by atoms with Crippen molar-refractivity contribution in [3.05, 3.63) is 34.9 Å². The molecule has 0 atom stereocenters. The first-order chi connectivity index (χ1) is 9.62. The van der Waals surface area contributed by atoms with E-state index >= 15 is 0 Å². The van der Waals surface area contributed by atoms with E-state index in [-0.39, 0.29) is 22.5 Å². The summed E-state index contributed by atoms with van der Waals surface area (Å²) >= 11 is 5.76. The molecule has 0 saturated heterocycles. The third-order valence-corrected chi connectivity index (χ3v) is 2.46. The van der Waals surface area contributed by atoms with Crippen LogP contribution < -0.4 is 10.6 Å². The second kappa shape index (κ2) is 6.12. The zero-order chi connectivity index (χ0) is 14.5. The van der Waals surface area contributed by atoms with Gasteiger partial charge < -0.3 is 10.6 Å². The minimum atomic E-state index is -0.578. The Morgan fingerprint density at radius 2 is 2.05 bits per heavy atom. The molecular weight excluding hydrogens is 283 g/mol. The molecule has 0 spiro atoms. The Labute approximate surface area is 119 Å². The number of rotatable bonds is 4. The van der Waals surface area contributed by atoms with Crippen LogP contribution in [0, 0.1) is 17.1 Å². The van der Waals surface area contributed by atoms with Crippen molar-refractivity contribution in [2.75, 3.05) is 17.2 Å². The zero-order valence-corrected chi connectivity index (χ0v) is 11.2. The van der Waals surface area contributed by atoms with E-state index in [9.17, 15) is 4.39 Å². The predicted octanol–water partition coefficient (Wildman–Crippen LogP) is 2.71. The molecule has 2 rings (SSSR count). The summed E-state index contributed by atoms with van der Waals surface area (Å²) in [7, 11) is 0. The molecular formula is C12H10ClFN6. The summed E-state index contributed by atoms with van der Waals surface area (Å²) < 4.78 is 13.7. The summed E-state index contributed by atoms with van der Waals surface area (Å²) in [6, 6.07) is 5.89. The van der Waals surface area contributed by atoms with E-state index in [1.165, 1.54) is 12.1 Å². The van der Waals surface area contributed by atoms with Gasteiger partial charge in [0, 0.05) is 6.54 Å². The Kier molecular flexibility index (Phi) is 4.27. The highest BCUT2D eigenvalue weighted by Crippen LogP contribution is 2.20. The Hall–Kier alpha value is -2.46. The van der Waals surface area contributed by atoms with Gasteiger partial charge in [-0.05, 0) is 36.7 Å². The van der Waals surface area contributed by atoms with Gasteiger partial charge >= 0.3 is 0 Å². The van der Waals surface area contributed by atoms with Gasteiger partial charge in [-0.15, -0.1) is 0 Å². The average molecular weight is 293 g/mol. The maximum absolute atomic E-state index is 13.7. The van der Waals surface area contributed by atoms with Gasteiger partial charge in [0.2, 0.25) is 17.2 Å². The Balaban J connectivity index is 2.28. The van der Waals surface area contributed by atoms with Crippen LogP contribution in [0.25, 0.3) is 0 Å². The molecule has 0 aliphatic carbocycles. The van der Waals surface area contributed by atoms with Crippen LogP contribution in [0.3, 0.4) is 0 Å². The van der Waals surface area contributed by atoms with Gasteiger partial charge in [-0.1, -0.05) is 0 Å². The van der Waals surface area contributed by atoms with Gasteiger partial charge in [0.1, 0.15) is 5.82 Å². The third kappa shape index (κ3) is 3.30. The lowest BCUT2D eigenvalue weighted by molar-refractivity contribution is 0.631. The van der Waals surface area contributed by atoms with Crippen molar-refractivity contribution in [1.82, 2.24) is 15.0 Å². The highest BCUT2D eigenvalue weighted by molar-refractivity contribution is 6.28. The maximum Gasteiger partial charge on any atom is 0.233 e. The summed E-state index contributed by atoms with van der Waals surface area (Å²) in [5.41, 5.74) is 0.379. The number of anilines is 3. The van der Waals surface area contributed by atoms with Crippen molar-refractivity contribution >= 4 is 29.2 Å². The molecule has 0 bridgehead atoms. The fourth-order valence-electron chi connectivity index (χ4n) is 1.45. The molecule has 0 aliphatic heterocycles. The lowest BCUT2D eigenvalue weighted by Gasteiger charge is -2.08. The predicted molar refractivity (Wildman–Crippen MR) is 73.4 cm³/mol. The Bertz CT molecular complexity index is 669. The summed E-state index contributed by atoms with van der Waals surface area (Å²) in [6.07, 6.45) is 0. The number of benzene rings is 1. The average Bonchev–Trinajstić information content (AvgIpc) is 2.41. The third-order valence-electron chi connectivity index (χ3n) is 2.29. The zero-order valence-electron chi connectivity index (χ0n) is 10.5. The first-order valence-corrected chi connectivity index (χ1v) is 6.12. The van der Waals surface area contributed by atoms with E-state index < -0.39 is 5.82 Å². The molecule has 1 heterocycles. The highest BCUT2D eigenvalue weighted by atomic mass is 35.5. The maximum atomic E-state index is 13.7. The van der Waals surface area contributed by atoms with Crippen LogP contribution in [0.15, 0.2) is 18.2 Å². The largest absolute Gasteiger partial charge is 0.354 e. The van der Waals surface area contributed by atoms with Gasteiger partial charge in [-0.3, -0.25) is 0 Å². The van der Waals surface area contributed by atoms with Crippen LogP contribution in [-0.2, 0) is 0 Å². The van der Waals surface area contributed by atoms with E-state index in [1.807, 2.05) is 13.0 Å². The second-order valence-corrected chi connectivity index (χ2v) is 4.05. The Morgan fingerprint density at radius 1 is 1.30 bits per heavy atom. The van der Waals surface area contributed by atoms with Crippen LogP contribution in [0.2, 0.25) is 5.28 Å². The highest BCUT2D eigenvalue weighted by Gasteiger charge is 2.08. The van der Waals surface area contributed by atoms with Crippen molar-refractivity contribution in [2.24, 2.45) is 0 Å². The molecule has 0 amide bonds. The van der Waals surface area contributed by atoms with Crippen molar-refractivity contribution in [2.45, 2.75) is 6.92 Å². The summed E-state index contributed by atoms with van der Waals surface area (Å²) in [5, 5.41) is 14.2. The van der Waals surface area contributed by atoms with Crippen molar-refractivity contribution in [3.63, 3.8) is 0 Å². The molecule has 0 saturated carbocycles. The van der Waals surface area contributed by atoms with E-state index in [2.05, 4.69) is 25.6 Å². The number of hydrogen-bond acceptors (Lipinski definition) is 6. The summed E-state index contributed by atoms with van der Waals surface area (Å²) in [6.45, 7) is 2.50. The molecule has 6 nitrogen and oxygen atoms in total. The molecule has 20 heavy (non-hydrogen) atoms. The first kappa shape index (κ1) is 14.0. The number of halogens is 2. The molecule has 0 fully saturated rings. The molecule has 1 aromatic carbocycles. The number of nitrogens with one attached hydrogen (secondary N) is 2. The minimum absolute atomic E-state index is 0.00694. The normalized spacial score (nSPS) is 9.90. The molecule has 0 aliphatic rings. The van der Waals surface area contributed by atoms with Gasteiger partial charge in [0.25, 0.3) is 0 Å². The van der Waals surface area contributed by atoms with Crippen LogP contribution >= 0.6 is 11.6 Å². The first-order valence-electron chi connectivity index (χ1n) is 5.74. The fraction of sp³-hybridized carbons (Fsp3) is 0.167. The smallest absolute Gasteiger partial charge is 0.233 e. The monoisotopic (exact) mass is 292 g/mol. The molecule has 1 aromatic heterocycles. The molecule has 0 unspecified atom stereocenters. The SMILES string of the molecule is CCNc1nc(Cl)nc(Nc2ccc(C#N)cc2F)n1. The quantitative estimate of drug-likeness (QED) is 0.901. The molecule has 8 heteroatoms. The number of nitrogens with zero attached hydrogens (tertiary/aromatic N) is 4. The second-order valence-electron chi connectivity index (χ2n) is 3.71. The van der Waals surface area contributed by atoms with Gasteiger partial charge in [0.15, 0.2) is 0 Å². The number of hydrogen-bond donors (Lipinski definition) is 2. The van der Waals surface area contributed by atoms with E-state index in [4.69, 9.17) is 16.9 Å². The topological polar surface area (TPSA) is 86.5 Å². The van der Waals surface area contributed by atoms with Gasteiger partial charge in [-0.2, -0.15) is 20.2 Å². The number of nitriles is 1. The molecule has 102 valence electrons. The van der Waals surface area contributed by atoms with Gasteiger partial charge in [-0.25, -0.2) is 4.39 Å². The van der Waals surface area contributed by atoms with E-state index in [0.29, 0.717) is 12.5 Å². The van der Waals surface area contributed by atoms with E-state index in [1.54, 1.807) is 0 Å². The molecule has 2 N–H and O–H groups in total. The summed E-state index contributed by atoms with van der Waals surface area (Å²) in [4.78, 5) is 11.8. The van der Waals surface area contributed by atoms with Crippen molar-refractivity contribution < 1.29 is 4.39 Å². The minimum Gasteiger partial charge on any atom is -0.354 e. The van der Waals surface area contributed by atoms with E-state index in [0.717, 1.165) is 6.07 Å². The fourth-order valence-corrected chi connectivity index (χ4v) is 1.61. The molecule has 2 aromatic rings. The van der Waals surface area contributed by atoms with Crippen LogP contribution in [-0.4, -0.2) is 21.5 Å². The van der Waals surface area contributed by atoms with Crippen LogP contribution in [0.4, 0.5) is 22.0 Å². The lowest BCUT2D eigenvalue weighted by Crippen LogP contribution is -2.07. The standard InChI is InChI=1S/C12H10ClFN6/c1-2-16-11-18-10(13)19-12(20-11)17-9-4-3-7(6-15)5-8(9)14/h3-5H,2H2,1H3,(H2,16,17,18,19,20). The summed E-state index contributed by atoms with van der Waals surface area (Å²) in [5.74, 6) is -0.167. The van der Waals surface area contributed by atoms with Gasteiger partial charge in [0.05, 0.1) is 17.3 Å². The van der Waals surface area contributed by atoms with Crippen LogP contribution in [0.5, 0.6) is 0 Å². The Morgan fingerprint density at radius 3 is 2.70 bits per heavy atom. The molecule has 0 radical (unpaired) electrons. The van der Waals surface area contributed by atoms with Crippen molar-refractivity contribution in [1.29, 1.82) is 5.26 Å². The lowest BCUT2D eigenvalue weighted by atomic mass is 10.2. The van der Waals surface area contributed by atoms with Crippen LogP contribution in [0.1, 0.15) is 12.5 Å².